The van der Waals surface area contributed by atoms with Crippen molar-refractivity contribution in [3.63, 3.8) is 0 Å². The largest absolute Gasteiger partial charge is 0.491 e. The van der Waals surface area contributed by atoms with Crippen LogP contribution in [0.1, 0.15) is 25.8 Å². The Hall–Kier alpha value is -2.69. The van der Waals surface area contributed by atoms with Crippen molar-refractivity contribution in [2.45, 2.75) is 32.8 Å². The van der Waals surface area contributed by atoms with Crippen molar-refractivity contribution in [3.8, 4) is 17.2 Å². The lowest BCUT2D eigenvalue weighted by atomic mass is 10.1. The fourth-order valence-electron chi connectivity index (χ4n) is 2.50. The van der Waals surface area contributed by atoms with E-state index in [9.17, 15) is 4.79 Å². The van der Waals surface area contributed by atoms with Crippen LogP contribution in [0.15, 0.2) is 42.5 Å². The van der Waals surface area contributed by atoms with Gasteiger partial charge in [0.2, 0.25) is 12.7 Å². The zero-order chi connectivity index (χ0) is 16.9. The van der Waals surface area contributed by atoms with E-state index in [1.54, 1.807) is 0 Å². The highest BCUT2D eigenvalue weighted by molar-refractivity contribution is 5.91. The predicted molar refractivity (Wildman–Crippen MR) is 91.7 cm³/mol. The molecule has 0 atom stereocenters. The van der Waals surface area contributed by atoms with Gasteiger partial charge in [0.1, 0.15) is 5.75 Å². The molecule has 0 radical (unpaired) electrons. The summed E-state index contributed by atoms with van der Waals surface area (Å²) < 4.78 is 16.3. The van der Waals surface area contributed by atoms with Gasteiger partial charge in [0.05, 0.1) is 6.10 Å². The van der Waals surface area contributed by atoms with E-state index in [4.69, 9.17) is 14.2 Å². The maximum absolute atomic E-state index is 12.1. The summed E-state index contributed by atoms with van der Waals surface area (Å²) >= 11 is 0. The van der Waals surface area contributed by atoms with Crippen LogP contribution in [0.4, 0.5) is 5.69 Å². The van der Waals surface area contributed by atoms with E-state index < -0.39 is 0 Å². The number of anilines is 1. The number of hydrogen-bond acceptors (Lipinski definition) is 4. The molecule has 0 fully saturated rings. The quantitative estimate of drug-likeness (QED) is 0.877. The van der Waals surface area contributed by atoms with Gasteiger partial charge in [-0.25, -0.2) is 0 Å². The average Bonchev–Trinajstić information content (AvgIpc) is 3.00. The summed E-state index contributed by atoms with van der Waals surface area (Å²) in [7, 11) is 0. The lowest BCUT2D eigenvalue weighted by molar-refractivity contribution is -0.116. The Bertz CT molecular complexity index is 727. The third-order valence-electron chi connectivity index (χ3n) is 3.57. The lowest BCUT2D eigenvalue weighted by Crippen LogP contribution is -2.12. The molecule has 0 bridgehead atoms. The molecule has 1 amide bonds. The highest BCUT2D eigenvalue weighted by Crippen LogP contribution is 2.32. The van der Waals surface area contributed by atoms with Crippen LogP contribution >= 0.6 is 0 Å². The zero-order valence-corrected chi connectivity index (χ0v) is 13.9. The molecular weight excluding hydrogens is 306 g/mol. The number of carbonyl (C=O) groups excluding carboxylic acids is 1. The van der Waals surface area contributed by atoms with Crippen LogP contribution in [0.5, 0.6) is 17.2 Å². The molecule has 0 spiro atoms. The summed E-state index contributed by atoms with van der Waals surface area (Å²) in [5.41, 5.74) is 1.79. The van der Waals surface area contributed by atoms with Crippen molar-refractivity contribution in [1.82, 2.24) is 0 Å². The van der Waals surface area contributed by atoms with Gasteiger partial charge in [0.15, 0.2) is 11.5 Å². The molecule has 24 heavy (non-hydrogen) atoms. The highest BCUT2D eigenvalue weighted by Gasteiger charge is 2.13. The molecule has 2 aromatic carbocycles. The van der Waals surface area contributed by atoms with Gasteiger partial charge in [-0.2, -0.15) is 0 Å². The first-order chi connectivity index (χ1) is 11.6. The van der Waals surface area contributed by atoms with Gasteiger partial charge in [0.25, 0.3) is 0 Å². The minimum atomic E-state index is -0.0330. The van der Waals surface area contributed by atoms with Gasteiger partial charge in [-0.3, -0.25) is 4.79 Å². The van der Waals surface area contributed by atoms with Gasteiger partial charge in [0, 0.05) is 18.2 Å². The van der Waals surface area contributed by atoms with Crippen LogP contribution in [0, 0.1) is 0 Å². The van der Waals surface area contributed by atoms with E-state index in [-0.39, 0.29) is 18.8 Å². The molecule has 2 aromatic rings. The zero-order valence-electron chi connectivity index (χ0n) is 13.9. The first-order valence-electron chi connectivity index (χ1n) is 8.05. The molecule has 1 aliphatic rings. The monoisotopic (exact) mass is 327 g/mol. The van der Waals surface area contributed by atoms with E-state index in [0.717, 1.165) is 28.5 Å². The van der Waals surface area contributed by atoms with Gasteiger partial charge >= 0.3 is 0 Å². The van der Waals surface area contributed by atoms with Crippen molar-refractivity contribution < 1.29 is 19.0 Å². The number of nitrogens with one attached hydrogen (secondary N) is 1. The van der Waals surface area contributed by atoms with Crippen LogP contribution < -0.4 is 19.5 Å². The molecule has 0 aliphatic carbocycles. The van der Waals surface area contributed by atoms with Crippen molar-refractivity contribution in [1.29, 1.82) is 0 Å². The predicted octanol–water partition coefficient (Wildman–Crippen LogP) is 3.77. The third-order valence-corrected chi connectivity index (χ3v) is 3.57. The Kier molecular flexibility index (Phi) is 4.89. The number of aryl methyl sites for hydroxylation is 1. The van der Waals surface area contributed by atoms with E-state index >= 15 is 0 Å². The highest BCUT2D eigenvalue weighted by atomic mass is 16.7. The number of ether oxygens (including phenoxy) is 3. The summed E-state index contributed by atoms with van der Waals surface area (Å²) in [5.74, 6) is 2.21. The van der Waals surface area contributed by atoms with Gasteiger partial charge in [-0.15, -0.1) is 0 Å². The fourth-order valence-corrected chi connectivity index (χ4v) is 2.50. The first-order valence-corrected chi connectivity index (χ1v) is 8.05. The molecule has 3 rings (SSSR count). The first kappa shape index (κ1) is 16.2. The normalized spacial score (nSPS) is 12.3. The summed E-state index contributed by atoms with van der Waals surface area (Å²) in [6, 6.07) is 13.2. The second kappa shape index (κ2) is 7.25. The molecular formula is C19H21NO4. The molecule has 126 valence electrons. The summed E-state index contributed by atoms with van der Waals surface area (Å²) in [6.45, 7) is 4.20. The van der Waals surface area contributed by atoms with Crippen molar-refractivity contribution in [2.24, 2.45) is 0 Å². The van der Waals surface area contributed by atoms with Crippen LogP contribution in [0.2, 0.25) is 0 Å². The third kappa shape index (κ3) is 4.19. The van der Waals surface area contributed by atoms with Crippen LogP contribution in [-0.2, 0) is 11.2 Å². The minimum Gasteiger partial charge on any atom is -0.491 e. The second-order valence-electron chi connectivity index (χ2n) is 5.93. The van der Waals surface area contributed by atoms with Crippen molar-refractivity contribution in [2.75, 3.05) is 12.1 Å². The number of hydrogen-bond donors (Lipinski definition) is 1. The Morgan fingerprint density at radius 3 is 2.83 bits per heavy atom. The molecule has 0 aromatic heterocycles. The standard InChI is InChI=1S/C19H21NO4/c1-13(2)24-16-5-3-4-15(11-16)20-19(21)9-7-14-6-8-17-18(10-14)23-12-22-17/h3-6,8,10-11,13H,7,9,12H2,1-2H3,(H,20,21). The Balaban J connectivity index is 1.54. The molecule has 1 aliphatic heterocycles. The number of carbonyl (C=O) groups is 1. The Morgan fingerprint density at radius 2 is 2.00 bits per heavy atom. The molecule has 1 N–H and O–H groups in total. The molecule has 0 saturated carbocycles. The maximum Gasteiger partial charge on any atom is 0.231 e. The number of amides is 1. The van der Waals surface area contributed by atoms with Gasteiger partial charge in [-0.1, -0.05) is 12.1 Å². The number of rotatable bonds is 6. The molecule has 1 heterocycles. The topological polar surface area (TPSA) is 56.8 Å². The van der Waals surface area contributed by atoms with E-state index in [1.165, 1.54) is 0 Å². The van der Waals surface area contributed by atoms with Crippen LogP contribution in [0.25, 0.3) is 0 Å². The SMILES string of the molecule is CC(C)Oc1cccc(NC(=O)CCc2ccc3c(c2)OCO3)c1. The van der Waals surface area contributed by atoms with E-state index in [2.05, 4.69) is 5.32 Å². The van der Waals surface area contributed by atoms with Crippen LogP contribution in [-0.4, -0.2) is 18.8 Å². The van der Waals surface area contributed by atoms with Gasteiger partial charge < -0.3 is 19.5 Å². The minimum absolute atomic E-state index is 0.0330. The van der Waals surface area contributed by atoms with Crippen LogP contribution in [0.3, 0.4) is 0 Å². The van der Waals surface area contributed by atoms with Crippen molar-refractivity contribution >= 4 is 11.6 Å². The summed E-state index contributed by atoms with van der Waals surface area (Å²) in [6.07, 6.45) is 1.14. The number of fused-ring (bicyclic) bond motifs is 1. The Labute approximate surface area is 141 Å². The van der Waals surface area contributed by atoms with E-state index in [1.807, 2.05) is 56.3 Å². The molecule has 5 nitrogen and oxygen atoms in total. The molecule has 0 saturated heterocycles. The fraction of sp³-hybridized carbons (Fsp3) is 0.316. The van der Waals surface area contributed by atoms with E-state index in [0.29, 0.717) is 12.8 Å². The second-order valence-corrected chi connectivity index (χ2v) is 5.93. The van der Waals surface area contributed by atoms with Crippen molar-refractivity contribution in [3.05, 3.63) is 48.0 Å². The molecule has 0 unspecified atom stereocenters. The Morgan fingerprint density at radius 1 is 1.17 bits per heavy atom. The summed E-state index contributed by atoms with van der Waals surface area (Å²) in [5, 5.41) is 2.90. The maximum atomic E-state index is 12.1. The number of benzene rings is 2. The lowest BCUT2D eigenvalue weighted by Gasteiger charge is -2.11. The van der Waals surface area contributed by atoms with Gasteiger partial charge in [-0.05, 0) is 50.1 Å². The average molecular weight is 327 g/mol. The smallest absolute Gasteiger partial charge is 0.231 e. The summed E-state index contributed by atoms with van der Waals surface area (Å²) in [4.78, 5) is 12.1. The molecule has 5 heteroatoms.